The van der Waals surface area contributed by atoms with Gasteiger partial charge < -0.3 is 10.8 Å². The topological polar surface area (TPSA) is 80.4 Å². The van der Waals surface area contributed by atoms with Crippen LogP contribution in [0.25, 0.3) is 0 Å². The van der Waals surface area contributed by atoms with Gasteiger partial charge in [0.1, 0.15) is 5.75 Å². The molecule has 0 aliphatic rings. The number of benzene rings is 1. The SMILES string of the molecule is CC(=O)c1cc(C)c(C#CCC(N)=O)cc1O. The fourth-order valence-corrected chi connectivity index (χ4v) is 1.34. The summed E-state index contributed by atoms with van der Waals surface area (Å²) in [4.78, 5) is 21.7. The van der Waals surface area contributed by atoms with E-state index in [2.05, 4.69) is 11.8 Å². The number of primary amides is 1. The number of carbonyl (C=O) groups excluding carboxylic acids is 2. The number of Topliss-reactive ketones (excluding diaryl/α,β-unsaturated/α-hetero) is 1. The molecule has 0 saturated heterocycles. The lowest BCUT2D eigenvalue weighted by atomic mass is 10.0. The van der Waals surface area contributed by atoms with Crippen LogP contribution < -0.4 is 5.73 Å². The van der Waals surface area contributed by atoms with Gasteiger partial charge in [-0.1, -0.05) is 11.8 Å². The summed E-state index contributed by atoms with van der Waals surface area (Å²) < 4.78 is 0. The molecule has 0 bridgehead atoms. The Kier molecular flexibility index (Phi) is 3.89. The number of carbonyl (C=O) groups is 2. The van der Waals surface area contributed by atoms with E-state index in [0.717, 1.165) is 5.56 Å². The first-order valence-corrected chi connectivity index (χ1v) is 5.03. The number of phenols is 1. The minimum atomic E-state index is -0.500. The molecular formula is C13H13NO3. The standard InChI is InChI=1S/C13H13NO3/c1-8-6-11(9(2)15)12(16)7-10(8)4-3-5-13(14)17/h6-7,16H,5H2,1-2H3,(H2,14,17). The van der Waals surface area contributed by atoms with Gasteiger partial charge in [-0.2, -0.15) is 0 Å². The molecule has 4 heteroatoms. The Hall–Kier alpha value is -2.28. The van der Waals surface area contributed by atoms with Crippen LogP contribution in [0.15, 0.2) is 12.1 Å². The van der Waals surface area contributed by atoms with E-state index in [1.807, 2.05) is 0 Å². The summed E-state index contributed by atoms with van der Waals surface area (Å²) in [5.74, 6) is 4.51. The van der Waals surface area contributed by atoms with Crippen LogP contribution in [0, 0.1) is 18.8 Å². The lowest BCUT2D eigenvalue weighted by molar-refractivity contribution is -0.117. The van der Waals surface area contributed by atoms with Gasteiger partial charge in [0.25, 0.3) is 0 Å². The molecule has 1 amide bonds. The minimum absolute atomic E-state index is 0.0331. The number of rotatable bonds is 2. The van der Waals surface area contributed by atoms with Crippen LogP contribution in [0.5, 0.6) is 5.75 Å². The minimum Gasteiger partial charge on any atom is -0.507 e. The maximum atomic E-state index is 11.2. The van der Waals surface area contributed by atoms with E-state index in [0.29, 0.717) is 5.56 Å². The molecule has 3 N–H and O–H groups in total. The van der Waals surface area contributed by atoms with Crippen LogP contribution in [-0.2, 0) is 4.79 Å². The largest absolute Gasteiger partial charge is 0.507 e. The van der Waals surface area contributed by atoms with Gasteiger partial charge in [-0.15, -0.1) is 0 Å². The molecule has 4 nitrogen and oxygen atoms in total. The highest BCUT2D eigenvalue weighted by Gasteiger charge is 2.08. The molecule has 0 spiro atoms. The average molecular weight is 231 g/mol. The first-order valence-electron chi connectivity index (χ1n) is 5.03. The summed E-state index contributed by atoms with van der Waals surface area (Å²) in [6.07, 6.45) is -0.0331. The summed E-state index contributed by atoms with van der Waals surface area (Å²) in [5, 5.41) is 9.61. The Bertz CT molecular complexity index is 536. The molecule has 0 heterocycles. The van der Waals surface area contributed by atoms with Crippen LogP contribution in [0.3, 0.4) is 0 Å². The lowest BCUT2D eigenvalue weighted by Crippen LogP contribution is -2.08. The molecule has 1 rings (SSSR count). The highest BCUT2D eigenvalue weighted by molar-refractivity contribution is 5.97. The predicted molar refractivity (Wildman–Crippen MR) is 63.5 cm³/mol. The molecule has 17 heavy (non-hydrogen) atoms. The van der Waals surface area contributed by atoms with Crippen molar-refractivity contribution in [2.45, 2.75) is 20.3 Å². The van der Waals surface area contributed by atoms with Crippen molar-refractivity contribution in [3.63, 3.8) is 0 Å². The molecule has 1 aromatic rings. The number of aromatic hydroxyl groups is 1. The predicted octanol–water partition coefficient (Wildman–Crippen LogP) is 1.13. The van der Waals surface area contributed by atoms with Gasteiger partial charge in [0.05, 0.1) is 12.0 Å². The molecule has 0 radical (unpaired) electrons. The van der Waals surface area contributed by atoms with Crippen molar-refractivity contribution in [3.8, 4) is 17.6 Å². The molecule has 0 aromatic heterocycles. The maximum Gasteiger partial charge on any atom is 0.229 e. The van der Waals surface area contributed by atoms with E-state index in [9.17, 15) is 14.7 Å². The van der Waals surface area contributed by atoms with Crippen LogP contribution in [0.4, 0.5) is 0 Å². The van der Waals surface area contributed by atoms with Crippen LogP contribution in [0.2, 0.25) is 0 Å². The van der Waals surface area contributed by atoms with E-state index in [4.69, 9.17) is 5.73 Å². The number of phenolic OH excluding ortho intramolecular Hbond substituents is 1. The maximum absolute atomic E-state index is 11.2. The smallest absolute Gasteiger partial charge is 0.229 e. The Morgan fingerprint density at radius 1 is 1.41 bits per heavy atom. The second kappa shape index (κ2) is 5.17. The van der Waals surface area contributed by atoms with E-state index >= 15 is 0 Å². The first kappa shape index (κ1) is 12.8. The van der Waals surface area contributed by atoms with E-state index < -0.39 is 5.91 Å². The average Bonchev–Trinajstić information content (AvgIpc) is 2.21. The molecular weight excluding hydrogens is 218 g/mol. The Morgan fingerprint density at radius 3 is 2.59 bits per heavy atom. The van der Waals surface area contributed by atoms with Gasteiger partial charge in [0.15, 0.2) is 5.78 Å². The zero-order valence-corrected chi connectivity index (χ0v) is 9.70. The number of ketones is 1. The summed E-state index contributed by atoms with van der Waals surface area (Å²) >= 11 is 0. The van der Waals surface area contributed by atoms with E-state index in [-0.39, 0.29) is 23.5 Å². The van der Waals surface area contributed by atoms with Crippen molar-refractivity contribution in [1.82, 2.24) is 0 Å². The van der Waals surface area contributed by atoms with Crippen molar-refractivity contribution >= 4 is 11.7 Å². The molecule has 0 unspecified atom stereocenters. The van der Waals surface area contributed by atoms with Crippen molar-refractivity contribution < 1.29 is 14.7 Å². The fraction of sp³-hybridized carbons (Fsp3) is 0.231. The highest BCUT2D eigenvalue weighted by Crippen LogP contribution is 2.22. The summed E-state index contributed by atoms with van der Waals surface area (Å²) in [5.41, 5.74) is 6.57. The quantitative estimate of drug-likeness (QED) is 0.591. The number of hydrogen-bond acceptors (Lipinski definition) is 3. The van der Waals surface area contributed by atoms with Gasteiger partial charge in [-0.3, -0.25) is 9.59 Å². The van der Waals surface area contributed by atoms with Crippen LogP contribution in [0.1, 0.15) is 34.8 Å². The van der Waals surface area contributed by atoms with Crippen molar-refractivity contribution in [1.29, 1.82) is 0 Å². The molecule has 0 aliphatic heterocycles. The molecule has 1 aromatic carbocycles. The van der Waals surface area contributed by atoms with E-state index in [1.54, 1.807) is 13.0 Å². The molecule has 0 aliphatic carbocycles. The highest BCUT2D eigenvalue weighted by atomic mass is 16.3. The zero-order valence-electron chi connectivity index (χ0n) is 9.70. The third-order valence-corrected chi connectivity index (χ3v) is 2.21. The van der Waals surface area contributed by atoms with Crippen molar-refractivity contribution in [2.75, 3.05) is 0 Å². The Labute approximate surface area is 99.4 Å². The monoisotopic (exact) mass is 231 g/mol. The van der Waals surface area contributed by atoms with Crippen LogP contribution >= 0.6 is 0 Å². The molecule has 0 atom stereocenters. The normalized spacial score (nSPS) is 9.29. The van der Waals surface area contributed by atoms with Crippen LogP contribution in [-0.4, -0.2) is 16.8 Å². The van der Waals surface area contributed by atoms with Gasteiger partial charge in [0.2, 0.25) is 5.91 Å². The molecule has 0 fully saturated rings. The Balaban J connectivity index is 3.10. The van der Waals surface area contributed by atoms with Crippen molar-refractivity contribution in [3.05, 3.63) is 28.8 Å². The second-order valence-corrected chi connectivity index (χ2v) is 3.69. The lowest BCUT2D eigenvalue weighted by Gasteiger charge is -2.04. The first-order chi connectivity index (χ1) is 7.91. The summed E-state index contributed by atoms with van der Waals surface area (Å²) in [6.45, 7) is 3.16. The van der Waals surface area contributed by atoms with Crippen molar-refractivity contribution in [2.24, 2.45) is 5.73 Å². The third-order valence-electron chi connectivity index (χ3n) is 2.21. The third kappa shape index (κ3) is 3.35. The number of aryl methyl sites for hydroxylation is 1. The number of hydrogen-bond donors (Lipinski definition) is 2. The summed E-state index contributed by atoms with van der Waals surface area (Å²) in [6, 6.07) is 2.99. The summed E-state index contributed by atoms with van der Waals surface area (Å²) in [7, 11) is 0. The van der Waals surface area contributed by atoms with Gasteiger partial charge in [0, 0.05) is 5.56 Å². The van der Waals surface area contributed by atoms with Gasteiger partial charge in [-0.25, -0.2) is 0 Å². The Morgan fingerprint density at radius 2 is 2.06 bits per heavy atom. The number of nitrogens with two attached hydrogens (primary N) is 1. The van der Waals surface area contributed by atoms with Gasteiger partial charge >= 0.3 is 0 Å². The second-order valence-electron chi connectivity index (χ2n) is 3.69. The fourth-order valence-electron chi connectivity index (χ4n) is 1.34. The molecule has 0 saturated carbocycles. The number of amides is 1. The molecule has 88 valence electrons. The van der Waals surface area contributed by atoms with Gasteiger partial charge in [-0.05, 0) is 31.5 Å². The van der Waals surface area contributed by atoms with E-state index in [1.165, 1.54) is 13.0 Å². The zero-order chi connectivity index (χ0) is 13.0.